The molecule has 0 spiro atoms. The number of piperidine rings is 2. The van der Waals surface area contributed by atoms with Crippen LogP contribution in [0, 0.1) is 5.92 Å². The number of rotatable bonds is 4. The van der Waals surface area contributed by atoms with Gasteiger partial charge in [-0.15, -0.1) is 0 Å². The summed E-state index contributed by atoms with van der Waals surface area (Å²) in [5, 5.41) is 3.26. The average molecular weight is 429 g/mol. The van der Waals surface area contributed by atoms with E-state index in [2.05, 4.69) is 17.1 Å². The van der Waals surface area contributed by atoms with Gasteiger partial charge in [0.25, 0.3) is 0 Å². The second kappa shape index (κ2) is 9.51. The highest BCUT2D eigenvalue weighted by molar-refractivity contribution is 5.78. The van der Waals surface area contributed by atoms with E-state index in [1.165, 1.54) is 5.56 Å². The quantitative estimate of drug-likeness (QED) is 0.788. The third-order valence-corrected chi connectivity index (χ3v) is 7.20. The monoisotopic (exact) mass is 428 g/mol. The molecular weight excluding hydrogens is 392 g/mol. The Morgan fingerprint density at radius 2 is 1.68 bits per heavy atom. The van der Waals surface area contributed by atoms with Crippen LogP contribution in [-0.2, 0) is 22.6 Å². The molecule has 31 heavy (non-hydrogen) atoms. The number of hydrogen-bond acceptors (Lipinski definition) is 6. The molecule has 4 heterocycles. The van der Waals surface area contributed by atoms with Gasteiger partial charge < -0.3 is 15.1 Å². The minimum atomic E-state index is 0.143. The molecule has 0 atom stereocenters. The summed E-state index contributed by atoms with van der Waals surface area (Å²) in [5.74, 6) is 3.19. The predicted octanol–water partition coefficient (Wildman–Crippen LogP) is 1.86. The van der Waals surface area contributed by atoms with Crippen LogP contribution in [-0.4, -0.2) is 82.8 Å². The minimum Gasteiger partial charge on any atom is -0.373 e. The largest absolute Gasteiger partial charge is 0.373 e. The number of carbonyl (C=O) groups is 2. The summed E-state index contributed by atoms with van der Waals surface area (Å²) in [6, 6.07) is 0. The Morgan fingerprint density at radius 3 is 2.32 bits per heavy atom. The normalized spacial score (nSPS) is 21.1. The van der Waals surface area contributed by atoms with E-state index < -0.39 is 0 Å². The van der Waals surface area contributed by atoms with Crippen LogP contribution < -0.4 is 5.32 Å². The Kier molecular flexibility index (Phi) is 6.74. The van der Waals surface area contributed by atoms with E-state index in [0.29, 0.717) is 13.1 Å². The summed E-state index contributed by atoms with van der Waals surface area (Å²) >= 11 is 0. The van der Waals surface area contributed by atoms with E-state index in [-0.39, 0.29) is 17.7 Å². The molecule has 1 N–H and O–H groups in total. The second-order valence-electron chi connectivity index (χ2n) is 9.41. The van der Waals surface area contributed by atoms with Crippen LogP contribution in [0.2, 0.25) is 0 Å². The Morgan fingerprint density at radius 1 is 1.00 bits per heavy atom. The lowest BCUT2D eigenvalue weighted by Gasteiger charge is -2.34. The van der Waals surface area contributed by atoms with Crippen molar-refractivity contribution in [2.24, 2.45) is 5.92 Å². The van der Waals surface area contributed by atoms with Gasteiger partial charge in [-0.3, -0.25) is 14.5 Å². The van der Waals surface area contributed by atoms with Crippen molar-refractivity contribution in [1.82, 2.24) is 24.7 Å². The van der Waals surface area contributed by atoms with Gasteiger partial charge in [0, 0.05) is 64.7 Å². The van der Waals surface area contributed by atoms with Crippen molar-refractivity contribution in [3.05, 3.63) is 17.1 Å². The number of fused-ring (bicyclic) bond motifs is 1. The maximum absolute atomic E-state index is 12.8. The highest BCUT2D eigenvalue weighted by Crippen LogP contribution is 2.30. The molecule has 8 nitrogen and oxygen atoms in total. The highest BCUT2D eigenvalue weighted by Gasteiger charge is 2.29. The highest BCUT2D eigenvalue weighted by atomic mass is 16.2. The summed E-state index contributed by atoms with van der Waals surface area (Å²) in [7, 11) is 1.91. The van der Waals surface area contributed by atoms with Gasteiger partial charge >= 0.3 is 0 Å². The first-order valence-electron chi connectivity index (χ1n) is 11.8. The molecule has 0 radical (unpaired) electrons. The first-order valence-corrected chi connectivity index (χ1v) is 11.8. The van der Waals surface area contributed by atoms with E-state index in [1.54, 1.807) is 6.92 Å². The molecule has 3 aliphatic heterocycles. The third kappa shape index (κ3) is 5.00. The summed E-state index contributed by atoms with van der Waals surface area (Å²) < 4.78 is 0. The summed E-state index contributed by atoms with van der Waals surface area (Å²) in [5.41, 5.74) is 2.23. The molecule has 2 fully saturated rings. The van der Waals surface area contributed by atoms with E-state index in [0.717, 1.165) is 88.1 Å². The standard InChI is InChI=1S/C23H36N6O2/c1-16-4-10-29(11-5-16)21(31)15-27-9-8-19-20(14-27)25-22(26-23(19)24-3)18-6-12-28(13-7-18)17(2)30/h16,18H,4-15H2,1-3H3,(H,24,25,26). The number of nitrogens with zero attached hydrogens (tertiary/aromatic N) is 5. The second-order valence-corrected chi connectivity index (χ2v) is 9.41. The predicted molar refractivity (Wildman–Crippen MR) is 120 cm³/mol. The molecule has 2 amide bonds. The number of hydrogen-bond donors (Lipinski definition) is 1. The van der Waals surface area contributed by atoms with Gasteiger partial charge in [-0.25, -0.2) is 9.97 Å². The van der Waals surface area contributed by atoms with Crippen LogP contribution in [0.3, 0.4) is 0 Å². The zero-order valence-corrected chi connectivity index (χ0v) is 19.2. The van der Waals surface area contributed by atoms with Crippen molar-refractivity contribution < 1.29 is 9.59 Å². The molecule has 0 bridgehead atoms. The summed E-state index contributed by atoms with van der Waals surface area (Å²) in [6.07, 6.45) is 4.88. The average Bonchev–Trinajstić information content (AvgIpc) is 2.78. The van der Waals surface area contributed by atoms with Crippen LogP contribution in [0.4, 0.5) is 5.82 Å². The van der Waals surface area contributed by atoms with Gasteiger partial charge in [0.15, 0.2) is 0 Å². The lowest BCUT2D eigenvalue weighted by Crippen LogP contribution is -2.45. The third-order valence-electron chi connectivity index (χ3n) is 7.20. The van der Waals surface area contributed by atoms with Crippen molar-refractivity contribution in [3.63, 3.8) is 0 Å². The number of amides is 2. The lowest BCUT2D eigenvalue weighted by molar-refractivity contribution is -0.134. The van der Waals surface area contributed by atoms with Crippen LogP contribution in [0.25, 0.3) is 0 Å². The maximum Gasteiger partial charge on any atom is 0.236 e. The number of aromatic nitrogens is 2. The molecule has 170 valence electrons. The Balaban J connectivity index is 1.43. The first kappa shape index (κ1) is 22.0. The smallest absolute Gasteiger partial charge is 0.236 e. The number of anilines is 1. The fourth-order valence-electron chi connectivity index (χ4n) is 5.03. The van der Waals surface area contributed by atoms with E-state index in [1.807, 2.05) is 16.8 Å². The van der Waals surface area contributed by atoms with Crippen LogP contribution in [0.1, 0.15) is 62.5 Å². The molecule has 1 aromatic heterocycles. The zero-order valence-electron chi connectivity index (χ0n) is 19.2. The maximum atomic E-state index is 12.8. The van der Waals surface area contributed by atoms with Crippen molar-refractivity contribution in [2.45, 2.75) is 58.4 Å². The molecule has 1 aromatic rings. The molecule has 3 aliphatic rings. The van der Waals surface area contributed by atoms with Crippen molar-refractivity contribution >= 4 is 17.6 Å². The molecule has 0 aromatic carbocycles. The Bertz CT molecular complexity index is 813. The van der Waals surface area contributed by atoms with Gasteiger partial charge in [-0.1, -0.05) is 6.92 Å². The molecule has 4 rings (SSSR count). The fourth-order valence-corrected chi connectivity index (χ4v) is 5.03. The van der Waals surface area contributed by atoms with Crippen LogP contribution in [0.15, 0.2) is 0 Å². The Hall–Kier alpha value is -2.22. The molecule has 0 aliphatic carbocycles. The van der Waals surface area contributed by atoms with Gasteiger partial charge in [0.1, 0.15) is 11.6 Å². The number of likely N-dealkylation sites (tertiary alicyclic amines) is 2. The molecule has 0 unspecified atom stereocenters. The molecule has 2 saturated heterocycles. The van der Waals surface area contributed by atoms with E-state index >= 15 is 0 Å². The van der Waals surface area contributed by atoms with Crippen molar-refractivity contribution in [1.29, 1.82) is 0 Å². The molecule has 8 heteroatoms. The van der Waals surface area contributed by atoms with E-state index in [9.17, 15) is 9.59 Å². The van der Waals surface area contributed by atoms with Crippen molar-refractivity contribution in [2.75, 3.05) is 51.6 Å². The van der Waals surface area contributed by atoms with Crippen molar-refractivity contribution in [3.8, 4) is 0 Å². The zero-order chi connectivity index (χ0) is 22.0. The molecular formula is C23H36N6O2. The lowest BCUT2D eigenvalue weighted by atomic mass is 9.95. The first-order chi connectivity index (χ1) is 14.9. The van der Waals surface area contributed by atoms with Crippen LogP contribution in [0.5, 0.6) is 0 Å². The number of nitrogens with one attached hydrogen (secondary N) is 1. The van der Waals surface area contributed by atoms with E-state index in [4.69, 9.17) is 9.97 Å². The SMILES string of the molecule is CNc1nc(C2CCN(C(C)=O)CC2)nc2c1CCN(CC(=O)N1CCC(C)CC1)C2. The van der Waals surface area contributed by atoms with Gasteiger partial charge in [0.2, 0.25) is 11.8 Å². The summed E-state index contributed by atoms with van der Waals surface area (Å²) in [4.78, 5) is 40.4. The summed E-state index contributed by atoms with van der Waals surface area (Å²) in [6.45, 7) is 9.24. The van der Waals surface area contributed by atoms with Crippen LogP contribution >= 0.6 is 0 Å². The van der Waals surface area contributed by atoms with Gasteiger partial charge in [-0.05, 0) is 38.0 Å². The Labute approximate surface area is 185 Å². The minimum absolute atomic E-state index is 0.143. The van der Waals surface area contributed by atoms with Gasteiger partial charge in [0.05, 0.1) is 12.2 Å². The number of carbonyl (C=O) groups excluding carboxylic acids is 2. The molecule has 0 saturated carbocycles. The fraction of sp³-hybridized carbons (Fsp3) is 0.739. The van der Waals surface area contributed by atoms with Gasteiger partial charge in [-0.2, -0.15) is 0 Å². The topological polar surface area (TPSA) is 81.7 Å².